The molecule has 0 saturated carbocycles. The Labute approximate surface area is 93.3 Å². The van der Waals surface area contributed by atoms with Crippen molar-refractivity contribution in [1.29, 1.82) is 0 Å². The van der Waals surface area contributed by atoms with Gasteiger partial charge in [0.2, 0.25) is 0 Å². The minimum Gasteiger partial charge on any atom is -0.269 e. The van der Waals surface area contributed by atoms with Gasteiger partial charge in [-0.2, -0.15) is 0 Å². The Morgan fingerprint density at radius 3 is 2.14 bits per heavy atom. The fourth-order valence-corrected chi connectivity index (χ4v) is 1.20. The fourth-order valence-electron chi connectivity index (χ4n) is 0.999. The molecule has 76 valence electrons. The maximum absolute atomic E-state index is 11.9. The third-order valence-corrected chi connectivity index (χ3v) is 3.17. The van der Waals surface area contributed by atoms with Crippen LogP contribution in [0.5, 0.6) is 0 Å². The molecular formula is C11H14BrNO. The molecule has 14 heavy (non-hydrogen) atoms. The predicted molar refractivity (Wildman–Crippen MR) is 61.3 cm³/mol. The van der Waals surface area contributed by atoms with Gasteiger partial charge in [0, 0.05) is 11.1 Å². The summed E-state index contributed by atoms with van der Waals surface area (Å²) in [5.74, 6) is -0.0156. The van der Waals surface area contributed by atoms with Crippen LogP contribution in [-0.4, -0.2) is 15.4 Å². The van der Waals surface area contributed by atoms with Crippen LogP contribution >= 0.6 is 16.1 Å². The van der Waals surface area contributed by atoms with E-state index in [0.717, 1.165) is 0 Å². The average Bonchev–Trinajstić information content (AvgIpc) is 2.15. The predicted octanol–water partition coefficient (Wildman–Crippen LogP) is 3.24. The van der Waals surface area contributed by atoms with Crippen molar-refractivity contribution < 1.29 is 4.79 Å². The molecule has 1 aromatic carbocycles. The first-order valence-corrected chi connectivity index (χ1v) is 5.19. The van der Waals surface area contributed by atoms with E-state index in [4.69, 9.17) is 0 Å². The minimum atomic E-state index is -0.215. The van der Waals surface area contributed by atoms with Crippen LogP contribution in [0.25, 0.3) is 0 Å². The van der Waals surface area contributed by atoms with Crippen molar-refractivity contribution in [3.63, 3.8) is 0 Å². The van der Waals surface area contributed by atoms with Crippen LogP contribution in [-0.2, 0) is 0 Å². The van der Waals surface area contributed by atoms with Gasteiger partial charge in [0.1, 0.15) is 0 Å². The maximum atomic E-state index is 11.9. The van der Waals surface area contributed by atoms with E-state index in [1.165, 1.54) is 0 Å². The molecule has 0 aliphatic carbocycles. The third-order valence-electron chi connectivity index (χ3n) is 1.79. The number of amides is 1. The van der Waals surface area contributed by atoms with Gasteiger partial charge >= 0.3 is 0 Å². The first kappa shape index (κ1) is 11.2. The number of halogens is 1. The van der Waals surface area contributed by atoms with Crippen molar-refractivity contribution in [3.8, 4) is 0 Å². The van der Waals surface area contributed by atoms with Crippen molar-refractivity contribution in [1.82, 2.24) is 3.93 Å². The molecule has 0 bridgehead atoms. The lowest BCUT2D eigenvalue weighted by atomic mass is 10.1. The van der Waals surface area contributed by atoms with Crippen LogP contribution in [0.2, 0.25) is 0 Å². The summed E-state index contributed by atoms with van der Waals surface area (Å²) in [6.45, 7) is 5.92. The van der Waals surface area contributed by atoms with Crippen molar-refractivity contribution in [3.05, 3.63) is 35.9 Å². The Bertz CT molecular complexity index is 316. The van der Waals surface area contributed by atoms with Gasteiger partial charge in [0.25, 0.3) is 5.91 Å². The molecule has 0 radical (unpaired) electrons. The van der Waals surface area contributed by atoms with E-state index >= 15 is 0 Å². The standard InChI is InChI=1S/C11H14BrNO/c1-11(2,3)13(12)10(14)9-7-5-4-6-8-9/h4-8H,1-3H3. The van der Waals surface area contributed by atoms with Gasteiger partial charge in [-0.3, -0.25) is 8.72 Å². The summed E-state index contributed by atoms with van der Waals surface area (Å²) in [4.78, 5) is 11.9. The first-order valence-electron chi connectivity index (χ1n) is 4.48. The zero-order chi connectivity index (χ0) is 10.8. The van der Waals surface area contributed by atoms with Gasteiger partial charge in [0.15, 0.2) is 0 Å². The molecule has 0 spiro atoms. The highest BCUT2D eigenvalue weighted by Gasteiger charge is 2.24. The van der Waals surface area contributed by atoms with Gasteiger partial charge < -0.3 is 0 Å². The molecule has 0 N–H and O–H groups in total. The van der Waals surface area contributed by atoms with Gasteiger partial charge in [-0.1, -0.05) is 18.2 Å². The second-order valence-corrected chi connectivity index (χ2v) is 4.83. The Morgan fingerprint density at radius 1 is 1.21 bits per heavy atom. The summed E-state index contributed by atoms with van der Waals surface area (Å²) in [6, 6.07) is 9.23. The summed E-state index contributed by atoms with van der Waals surface area (Å²) in [5, 5.41) is 0. The second kappa shape index (κ2) is 4.13. The number of nitrogens with zero attached hydrogens (tertiary/aromatic N) is 1. The van der Waals surface area contributed by atoms with E-state index in [1.807, 2.05) is 51.1 Å². The quantitative estimate of drug-likeness (QED) is 0.706. The van der Waals surface area contributed by atoms with Crippen LogP contribution in [0.1, 0.15) is 31.1 Å². The summed E-state index contributed by atoms with van der Waals surface area (Å²) in [5.41, 5.74) is 0.478. The third kappa shape index (κ3) is 2.58. The largest absolute Gasteiger partial charge is 0.269 e. The van der Waals surface area contributed by atoms with E-state index in [0.29, 0.717) is 5.56 Å². The lowest BCUT2D eigenvalue weighted by Crippen LogP contribution is -2.38. The van der Waals surface area contributed by atoms with Crippen LogP contribution in [0, 0.1) is 0 Å². The van der Waals surface area contributed by atoms with Crippen molar-refractivity contribution in [2.75, 3.05) is 0 Å². The van der Waals surface area contributed by atoms with Gasteiger partial charge in [-0.15, -0.1) is 0 Å². The number of benzene rings is 1. The van der Waals surface area contributed by atoms with E-state index in [1.54, 1.807) is 3.93 Å². The lowest BCUT2D eigenvalue weighted by molar-refractivity contribution is 0.0803. The van der Waals surface area contributed by atoms with Crippen molar-refractivity contribution in [2.24, 2.45) is 0 Å². The Morgan fingerprint density at radius 2 is 1.71 bits per heavy atom. The van der Waals surface area contributed by atoms with E-state index in [-0.39, 0.29) is 11.4 Å². The van der Waals surface area contributed by atoms with Crippen molar-refractivity contribution in [2.45, 2.75) is 26.3 Å². The molecular weight excluding hydrogens is 242 g/mol. The molecule has 3 heteroatoms. The van der Waals surface area contributed by atoms with Crippen LogP contribution in [0.15, 0.2) is 30.3 Å². The summed E-state index contributed by atoms with van der Waals surface area (Å²) in [6.07, 6.45) is 0. The van der Waals surface area contributed by atoms with Gasteiger partial charge in [-0.05, 0) is 32.9 Å². The molecule has 1 amide bonds. The first-order chi connectivity index (χ1) is 6.43. The molecule has 0 atom stereocenters. The summed E-state index contributed by atoms with van der Waals surface area (Å²) < 4.78 is 1.56. The topological polar surface area (TPSA) is 20.3 Å². The molecule has 0 unspecified atom stereocenters. The molecule has 0 aliphatic rings. The normalized spacial score (nSPS) is 11.1. The Hall–Kier alpha value is -0.830. The van der Waals surface area contributed by atoms with E-state index in [2.05, 4.69) is 16.1 Å². The van der Waals surface area contributed by atoms with Gasteiger partial charge in [-0.25, -0.2) is 0 Å². The molecule has 1 aromatic rings. The Balaban J connectivity index is 2.87. The average molecular weight is 256 g/mol. The van der Waals surface area contributed by atoms with Crippen LogP contribution < -0.4 is 0 Å². The summed E-state index contributed by atoms with van der Waals surface area (Å²) >= 11 is 3.28. The monoisotopic (exact) mass is 255 g/mol. The number of carbonyl (C=O) groups is 1. The number of rotatable bonds is 1. The molecule has 0 fully saturated rings. The van der Waals surface area contributed by atoms with E-state index in [9.17, 15) is 4.79 Å². The van der Waals surface area contributed by atoms with Crippen molar-refractivity contribution >= 4 is 22.1 Å². The number of carbonyl (C=O) groups excluding carboxylic acids is 1. The SMILES string of the molecule is CC(C)(C)N(Br)C(=O)c1ccccc1. The zero-order valence-electron chi connectivity index (χ0n) is 8.62. The molecule has 2 nitrogen and oxygen atoms in total. The molecule has 0 aliphatic heterocycles. The van der Waals surface area contributed by atoms with Crippen LogP contribution in [0.4, 0.5) is 0 Å². The molecule has 0 saturated heterocycles. The second-order valence-electron chi connectivity index (χ2n) is 4.12. The highest BCUT2D eigenvalue weighted by Crippen LogP contribution is 2.20. The molecule has 0 heterocycles. The zero-order valence-corrected chi connectivity index (χ0v) is 10.2. The summed E-state index contributed by atoms with van der Waals surface area (Å²) in [7, 11) is 0. The molecule has 0 aromatic heterocycles. The van der Waals surface area contributed by atoms with Crippen LogP contribution in [0.3, 0.4) is 0 Å². The smallest absolute Gasteiger partial charge is 0.264 e. The van der Waals surface area contributed by atoms with Gasteiger partial charge in [0.05, 0.1) is 16.1 Å². The maximum Gasteiger partial charge on any atom is 0.264 e. The minimum absolute atomic E-state index is 0.0156. The number of hydrogen-bond donors (Lipinski definition) is 0. The Kier molecular flexibility index (Phi) is 3.32. The lowest BCUT2D eigenvalue weighted by Gasteiger charge is -2.29. The highest BCUT2D eigenvalue weighted by molar-refractivity contribution is 9.07. The number of hydrogen-bond acceptors (Lipinski definition) is 1. The highest BCUT2D eigenvalue weighted by atomic mass is 79.9. The fraction of sp³-hybridized carbons (Fsp3) is 0.364. The van der Waals surface area contributed by atoms with E-state index < -0.39 is 0 Å². The molecule has 1 rings (SSSR count).